The van der Waals surface area contributed by atoms with Crippen molar-refractivity contribution in [1.29, 1.82) is 0 Å². The van der Waals surface area contributed by atoms with Crippen molar-refractivity contribution in [1.82, 2.24) is 20.1 Å². The van der Waals surface area contributed by atoms with Gasteiger partial charge in [0.05, 0.1) is 5.69 Å². The first-order valence-electron chi connectivity index (χ1n) is 7.15. The highest BCUT2D eigenvalue weighted by molar-refractivity contribution is 9.10. The van der Waals surface area contributed by atoms with Crippen LogP contribution in [0.3, 0.4) is 0 Å². The molecule has 3 aromatic rings. The van der Waals surface area contributed by atoms with Crippen molar-refractivity contribution in [3.8, 4) is 5.69 Å². The molecule has 0 amide bonds. The van der Waals surface area contributed by atoms with Crippen LogP contribution < -0.4 is 5.32 Å². The van der Waals surface area contributed by atoms with E-state index in [-0.39, 0.29) is 6.04 Å². The largest absolute Gasteiger partial charge is 0.306 e. The van der Waals surface area contributed by atoms with Gasteiger partial charge < -0.3 is 5.32 Å². The molecule has 0 aliphatic carbocycles. The maximum atomic E-state index is 4.13. The highest BCUT2D eigenvalue weighted by Gasteiger charge is 2.06. The van der Waals surface area contributed by atoms with E-state index in [0.717, 1.165) is 16.7 Å². The second kappa shape index (κ2) is 6.85. The topological polar surface area (TPSA) is 42.7 Å². The molecule has 1 N–H and O–H groups in total. The van der Waals surface area contributed by atoms with E-state index in [0.29, 0.717) is 0 Å². The number of hydrogen-bond acceptors (Lipinski definition) is 3. The summed E-state index contributed by atoms with van der Waals surface area (Å²) in [4.78, 5) is 3.96. The van der Waals surface area contributed by atoms with Gasteiger partial charge in [0.25, 0.3) is 0 Å². The first kappa shape index (κ1) is 14.9. The van der Waals surface area contributed by atoms with Crippen LogP contribution in [-0.4, -0.2) is 14.8 Å². The Morgan fingerprint density at radius 3 is 2.68 bits per heavy atom. The average Bonchev–Trinajstić information content (AvgIpc) is 3.07. The van der Waals surface area contributed by atoms with Gasteiger partial charge in [-0.05, 0) is 42.3 Å². The van der Waals surface area contributed by atoms with Crippen LogP contribution in [0.4, 0.5) is 0 Å². The molecule has 0 unspecified atom stereocenters. The molecular weight excluding hydrogens is 340 g/mol. The molecule has 1 atom stereocenters. The quantitative estimate of drug-likeness (QED) is 0.754. The number of aromatic nitrogens is 3. The van der Waals surface area contributed by atoms with E-state index in [4.69, 9.17) is 0 Å². The summed E-state index contributed by atoms with van der Waals surface area (Å²) in [5.41, 5.74) is 3.53. The molecule has 1 aromatic heterocycles. The van der Waals surface area contributed by atoms with Crippen LogP contribution in [-0.2, 0) is 6.54 Å². The van der Waals surface area contributed by atoms with E-state index in [2.05, 4.69) is 80.7 Å². The summed E-state index contributed by atoms with van der Waals surface area (Å²) in [6.45, 7) is 3.01. The van der Waals surface area contributed by atoms with Crippen molar-refractivity contribution >= 4 is 15.9 Å². The van der Waals surface area contributed by atoms with E-state index in [9.17, 15) is 0 Å². The monoisotopic (exact) mass is 356 g/mol. The number of nitrogens with zero attached hydrogens (tertiary/aromatic N) is 3. The first-order chi connectivity index (χ1) is 10.7. The van der Waals surface area contributed by atoms with Gasteiger partial charge in [-0.2, -0.15) is 5.10 Å². The van der Waals surface area contributed by atoms with Crippen molar-refractivity contribution in [3.63, 3.8) is 0 Å². The molecular formula is C17H17BrN4. The lowest BCUT2D eigenvalue weighted by molar-refractivity contribution is 0.574. The summed E-state index contributed by atoms with van der Waals surface area (Å²) >= 11 is 3.50. The second-order valence-corrected chi connectivity index (χ2v) is 6.08. The third-order valence-electron chi connectivity index (χ3n) is 3.58. The van der Waals surface area contributed by atoms with Crippen molar-refractivity contribution in [2.24, 2.45) is 0 Å². The molecule has 2 aromatic carbocycles. The molecule has 0 aliphatic rings. The fourth-order valence-electron chi connectivity index (χ4n) is 2.29. The molecule has 22 heavy (non-hydrogen) atoms. The third kappa shape index (κ3) is 3.61. The molecule has 0 spiro atoms. The predicted molar refractivity (Wildman–Crippen MR) is 90.8 cm³/mol. The number of halogens is 1. The van der Waals surface area contributed by atoms with Crippen molar-refractivity contribution < 1.29 is 0 Å². The fraction of sp³-hybridized carbons (Fsp3) is 0.176. The van der Waals surface area contributed by atoms with E-state index in [1.54, 1.807) is 11.0 Å². The minimum atomic E-state index is 0.281. The van der Waals surface area contributed by atoms with Crippen LogP contribution in [0.2, 0.25) is 0 Å². The maximum Gasteiger partial charge on any atom is 0.138 e. The summed E-state index contributed by atoms with van der Waals surface area (Å²) in [6.07, 6.45) is 3.24. The Morgan fingerprint density at radius 1 is 1.18 bits per heavy atom. The molecule has 0 fully saturated rings. The SMILES string of the molecule is C[C@H](NCc1cccc(Br)c1)c1ccc(-n2cncn2)cc1. The molecule has 0 aliphatic heterocycles. The standard InChI is InChI=1S/C17H17BrN4/c1-13(20-10-14-3-2-4-16(18)9-14)15-5-7-17(8-6-15)22-12-19-11-21-22/h2-9,11-13,20H,10H2,1H3/t13-/m0/s1. The molecule has 4 nitrogen and oxygen atoms in total. The van der Waals surface area contributed by atoms with Crippen LogP contribution in [0, 0.1) is 0 Å². The maximum absolute atomic E-state index is 4.13. The van der Waals surface area contributed by atoms with Crippen LogP contribution in [0.1, 0.15) is 24.1 Å². The summed E-state index contributed by atoms with van der Waals surface area (Å²) < 4.78 is 2.86. The number of rotatable bonds is 5. The van der Waals surface area contributed by atoms with Crippen molar-refractivity contribution in [2.45, 2.75) is 19.5 Å². The summed E-state index contributed by atoms with van der Waals surface area (Å²) in [5.74, 6) is 0. The third-order valence-corrected chi connectivity index (χ3v) is 4.07. The Labute approximate surface area is 138 Å². The normalized spacial score (nSPS) is 12.3. The summed E-state index contributed by atoms with van der Waals surface area (Å²) in [7, 11) is 0. The first-order valence-corrected chi connectivity index (χ1v) is 7.94. The zero-order chi connectivity index (χ0) is 15.4. The van der Waals surface area contributed by atoms with Gasteiger partial charge in [0.2, 0.25) is 0 Å². The molecule has 3 rings (SSSR count). The van der Waals surface area contributed by atoms with Gasteiger partial charge in [-0.25, -0.2) is 9.67 Å². The lowest BCUT2D eigenvalue weighted by Gasteiger charge is -2.15. The Bertz CT molecular complexity index is 723. The molecule has 0 saturated heterocycles. The smallest absolute Gasteiger partial charge is 0.138 e. The molecule has 112 valence electrons. The summed E-state index contributed by atoms with van der Waals surface area (Å²) in [6, 6.07) is 17.0. The minimum Gasteiger partial charge on any atom is -0.306 e. The Hall–Kier alpha value is -1.98. The molecule has 1 heterocycles. The average molecular weight is 357 g/mol. The molecule has 0 saturated carbocycles. The minimum absolute atomic E-state index is 0.281. The lowest BCUT2D eigenvalue weighted by Crippen LogP contribution is -2.18. The van der Waals surface area contributed by atoms with Crippen LogP contribution in [0.25, 0.3) is 5.69 Å². The Balaban J connectivity index is 1.63. The van der Waals surface area contributed by atoms with E-state index in [1.807, 2.05) is 6.07 Å². The van der Waals surface area contributed by atoms with E-state index >= 15 is 0 Å². The van der Waals surface area contributed by atoms with Crippen LogP contribution in [0.15, 0.2) is 65.7 Å². The van der Waals surface area contributed by atoms with Gasteiger partial charge in [-0.1, -0.05) is 40.2 Å². The zero-order valence-corrected chi connectivity index (χ0v) is 13.9. The Kier molecular flexibility index (Phi) is 4.65. The zero-order valence-electron chi connectivity index (χ0n) is 12.3. The molecule has 0 bridgehead atoms. The van der Waals surface area contributed by atoms with Gasteiger partial charge >= 0.3 is 0 Å². The van der Waals surface area contributed by atoms with Crippen LogP contribution >= 0.6 is 15.9 Å². The van der Waals surface area contributed by atoms with Gasteiger partial charge in [0.15, 0.2) is 0 Å². The van der Waals surface area contributed by atoms with Gasteiger partial charge in [0.1, 0.15) is 12.7 Å². The number of nitrogens with one attached hydrogen (secondary N) is 1. The van der Waals surface area contributed by atoms with Crippen molar-refractivity contribution in [2.75, 3.05) is 0 Å². The van der Waals surface area contributed by atoms with Gasteiger partial charge in [-0.3, -0.25) is 0 Å². The van der Waals surface area contributed by atoms with E-state index < -0.39 is 0 Å². The van der Waals surface area contributed by atoms with Crippen LogP contribution in [0.5, 0.6) is 0 Å². The Morgan fingerprint density at radius 2 is 2.00 bits per heavy atom. The highest BCUT2D eigenvalue weighted by Crippen LogP contribution is 2.17. The number of benzene rings is 2. The molecule has 0 radical (unpaired) electrons. The predicted octanol–water partition coefficient (Wildman–Crippen LogP) is 3.88. The molecule has 5 heteroatoms. The second-order valence-electron chi connectivity index (χ2n) is 5.16. The van der Waals surface area contributed by atoms with Gasteiger partial charge in [0, 0.05) is 17.1 Å². The lowest BCUT2D eigenvalue weighted by atomic mass is 10.1. The highest BCUT2D eigenvalue weighted by atomic mass is 79.9. The van der Waals surface area contributed by atoms with Crippen molar-refractivity contribution in [3.05, 3.63) is 76.8 Å². The van der Waals surface area contributed by atoms with E-state index in [1.165, 1.54) is 17.5 Å². The number of hydrogen-bond donors (Lipinski definition) is 1. The van der Waals surface area contributed by atoms with Gasteiger partial charge in [-0.15, -0.1) is 0 Å². The fourth-order valence-corrected chi connectivity index (χ4v) is 2.74. The summed E-state index contributed by atoms with van der Waals surface area (Å²) in [5, 5.41) is 7.67.